The fourth-order valence-electron chi connectivity index (χ4n) is 9.93. The van der Waals surface area contributed by atoms with Crippen LogP contribution in [0, 0.1) is 22.7 Å². The molecule has 4 aliphatic carbocycles. The van der Waals surface area contributed by atoms with E-state index in [2.05, 4.69) is 18.7 Å². The van der Waals surface area contributed by atoms with Crippen LogP contribution in [0.5, 0.6) is 0 Å². The maximum atomic E-state index is 12.5. The van der Waals surface area contributed by atoms with Gasteiger partial charge in [-0.1, -0.05) is 13.8 Å². The standard InChI is InChI=1S/C29H44N2O5/c1-26-9-5-20(31-13-14-35-18-21(31)16-30)15-28(26,33)11-7-24-23(26)6-10-27(2)22(8-12-29(24,27)34)19-3-4-25(32)36-17-19/h3-4,17,20-24,33-34H,5-16,18,30H2,1-2H3/t20-,21-,22+,23-,24+,26+,27+,28-,29-/m0/s1. The van der Waals surface area contributed by atoms with Crippen molar-refractivity contribution in [3.8, 4) is 0 Å². The van der Waals surface area contributed by atoms with Gasteiger partial charge < -0.3 is 25.1 Å². The van der Waals surface area contributed by atoms with Crippen LogP contribution in [0.25, 0.3) is 0 Å². The second kappa shape index (κ2) is 8.63. The van der Waals surface area contributed by atoms with Crippen LogP contribution in [0.3, 0.4) is 0 Å². The Balaban J connectivity index is 1.26. The highest BCUT2D eigenvalue weighted by Crippen LogP contribution is 2.71. The lowest BCUT2D eigenvalue weighted by atomic mass is 9.41. The Hall–Kier alpha value is -1.25. The van der Waals surface area contributed by atoms with E-state index < -0.39 is 11.2 Å². The largest absolute Gasteiger partial charge is 0.431 e. The second-order valence-corrected chi connectivity index (χ2v) is 13.2. The molecule has 0 radical (unpaired) electrons. The van der Waals surface area contributed by atoms with Crippen molar-refractivity contribution in [2.24, 2.45) is 28.4 Å². The summed E-state index contributed by atoms with van der Waals surface area (Å²) in [5.41, 5.74) is 4.88. The van der Waals surface area contributed by atoms with Crippen LogP contribution in [0.15, 0.2) is 27.6 Å². The van der Waals surface area contributed by atoms with Gasteiger partial charge in [0, 0.05) is 36.7 Å². The summed E-state index contributed by atoms with van der Waals surface area (Å²) in [5.74, 6) is 0.698. The molecule has 5 fully saturated rings. The van der Waals surface area contributed by atoms with Crippen molar-refractivity contribution >= 4 is 0 Å². The van der Waals surface area contributed by atoms with Crippen molar-refractivity contribution in [1.29, 1.82) is 0 Å². The SMILES string of the molecule is C[C@]12CC[C@H](N3CCOC[C@@H]3CN)C[C@@]1(O)CC[C@@H]1[C@@H]2CC[C@]2(C)[C@@H](c3ccc(=O)oc3)CC[C@]12O. The van der Waals surface area contributed by atoms with Gasteiger partial charge in [-0.3, -0.25) is 4.90 Å². The van der Waals surface area contributed by atoms with Crippen LogP contribution in [0.1, 0.15) is 83.1 Å². The van der Waals surface area contributed by atoms with Crippen LogP contribution < -0.4 is 11.4 Å². The normalized spacial score (nSPS) is 49.2. The lowest BCUT2D eigenvalue weighted by Gasteiger charge is -2.66. The molecule has 0 aromatic carbocycles. The Labute approximate surface area is 214 Å². The Kier molecular flexibility index (Phi) is 6.01. The van der Waals surface area contributed by atoms with Gasteiger partial charge in [0.15, 0.2) is 0 Å². The molecule has 36 heavy (non-hydrogen) atoms. The van der Waals surface area contributed by atoms with Crippen molar-refractivity contribution in [3.05, 3.63) is 34.4 Å². The quantitative estimate of drug-likeness (QED) is 0.585. The summed E-state index contributed by atoms with van der Waals surface area (Å²) < 4.78 is 10.9. The van der Waals surface area contributed by atoms with Crippen molar-refractivity contribution in [2.75, 3.05) is 26.3 Å². The summed E-state index contributed by atoms with van der Waals surface area (Å²) in [4.78, 5) is 14.1. The molecule has 7 heteroatoms. The Bertz CT molecular complexity index is 1030. The van der Waals surface area contributed by atoms with Crippen molar-refractivity contribution in [1.82, 2.24) is 4.90 Å². The maximum Gasteiger partial charge on any atom is 0.335 e. The molecule has 0 bridgehead atoms. The van der Waals surface area contributed by atoms with Gasteiger partial charge in [-0.05, 0) is 92.6 Å². The Morgan fingerprint density at radius 3 is 2.56 bits per heavy atom. The van der Waals surface area contributed by atoms with E-state index in [9.17, 15) is 15.0 Å². The van der Waals surface area contributed by atoms with Crippen LogP contribution in [-0.2, 0) is 4.74 Å². The number of fused-ring (bicyclic) bond motifs is 5. The molecular formula is C29H44N2O5. The number of hydrogen-bond acceptors (Lipinski definition) is 7. The van der Waals surface area contributed by atoms with Gasteiger partial charge in [-0.2, -0.15) is 0 Å². The van der Waals surface area contributed by atoms with Crippen LogP contribution >= 0.6 is 0 Å². The zero-order valence-corrected chi connectivity index (χ0v) is 22.0. The van der Waals surface area contributed by atoms with E-state index in [0.29, 0.717) is 25.1 Å². The van der Waals surface area contributed by atoms with Gasteiger partial charge in [0.2, 0.25) is 0 Å². The van der Waals surface area contributed by atoms with Crippen LogP contribution in [0.4, 0.5) is 0 Å². The molecule has 200 valence electrons. The Morgan fingerprint density at radius 1 is 1.03 bits per heavy atom. The predicted octanol–water partition coefficient (Wildman–Crippen LogP) is 3.02. The third-order valence-electron chi connectivity index (χ3n) is 12.1. The highest BCUT2D eigenvalue weighted by atomic mass is 16.5. The lowest BCUT2D eigenvalue weighted by Crippen LogP contribution is -2.68. The topological polar surface area (TPSA) is 109 Å². The molecule has 4 saturated carbocycles. The summed E-state index contributed by atoms with van der Waals surface area (Å²) >= 11 is 0. The second-order valence-electron chi connectivity index (χ2n) is 13.2. The number of nitrogens with two attached hydrogens (primary N) is 1. The van der Waals surface area contributed by atoms with E-state index in [1.807, 2.05) is 6.07 Å². The van der Waals surface area contributed by atoms with Gasteiger partial charge in [0.1, 0.15) is 0 Å². The molecule has 9 atom stereocenters. The summed E-state index contributed by atoms with van der Waals surface area (Å²) in [6.45, 7) is 7.50. The third kappa shape index (κ3) is 3.39. The number of nitrogens with zero attached hydrogens (tertiary/aromatic N) is 1. The average molecular weight is 501 g/mol. The molecule has 1 aliphatic heterocycles. The molecule has 0 spiro atoms. The molecule has 1 aromatic heterocycles. The zero-order valence-electron chi connectivity index (χ0n) is 22.0. The predicted molar refractivity (Wildman–Crippen MR) is 137 cm³/mol. The molecule has 0 amide bonds. The van der Waals surface area contributed by atoms with Crippen molar-refractivity contribution in [3.63, 3.8) is 0 Å². The first kappa shape index (κ1) is 25.1. The van der Waals surface area contributed by atoms with Gasteiger partial charge in [-0.15, -0.1) is 0 Å². The van der Waals surface area contributed by atoms with Gasteiger partial charge in [-0.25, -0.2) is 4.79 Å². The highest BCUT2D eigenvalue weighted by Gasteiger charge is 2.70. The van der Waals surface area contributed by atoms with E-state index in [-0.39, 0.29) is 34.3 Å². The third-order valence-corrected chi connectivity index (χ3v) is 12.1. The highest BCUT2D eigenvalue weighted by molar-refractivity contribution is 5.28. The lowest BCUT2D eigenvalue weighted by molar-refractivity contribution is -0.252. The molecule has 5 aliphatic rings. The average Bonchev–Trinajstić information content (AvgIpc) is 3.16. The fourth-order valence-corrected chi connectivity index (χ4v) is 9.93. The number of rotatable bonds is 3. The maximum absolute atomic E-state index is 12.5. The zero-order chi connectivity index (χ0) is 25.3. The first-order valence-electron chi connectivity index (χ1n) is 14.2. The number of ether oxygens (including phenoxy) is 1. The van der Waals surface area contributed by atoms with E-state index in [4.69, 9.17) is 14.9 Å². The van der Waals surface area contributed by atoms with E-state index in [1.165, 1.54) is 6.07 Å². The molecule has 6 rings (SSSR count). The minimum atomic E-state index is -0.757. The van der Waals surface area contributed by atoms with Crippen molar-refractivity contribution in [2.45, 2.75) is 101 Å². The summed E-state index contributed by atoms with van der Waals surface area (Å²) in [5, 5.41) is 24.7. The summed E-state index contributed by atoms with van der Waals surface area (Å²) in [6, 6.07) is 3.98. The van der Waals surface area contributed by atoms with Crippen molar-refractivity contribution < 1.29 is 19.4 Å². The molecule has 4 N–H and O–H groups in total. The van der Waals surface area contributed by atoms with Crippen LogP contribution in [-0.4, -0.2) is 64.7 Å². The first-order valence-corrected chi connectivity index (χ1v) is 14.2. The summed E-state index contributed by atoms with van der Waals surface area (Å²) in [7, 11) is 0. The minimum absolute atomic E-state index is 0.187. The van der Waals surface area contributed by atoms with Gasteiger partial charge in [0.25, 0.3) is 0 Å². The van der Waals surface area contributed by atoms with Crippen LogP contribution in [0.2, 0.25) is 0 Å². The smallest absolute Gasteiger partial charge is 0.335 e. The molecule has 2 heterocycles. The number of morpholine rings is 1. The molecule has 1 aromatic rings. The first-order chi connectivity index (χ1) is 17.2. The minimum Gasteiger partial charge on any atom is -0.431 e. The fraction of sp³-hybridized carbons (Fsp3) is 0.828. The van der Waals surface area contributed by atoms with Gasteiger partial charge >= 0.3 is 5.63 Å². The number of hydrogen-bond donors (Lipinski definition) is 3. The summed E-state index contributed by atoms with van der Waals surface area (Å²) in [6.07, 6.45) is 9.73. The molecule has 7 nitrogen and oxygen atoms in total. The molecule has 0 unspecified atom stereocenters. The number of aliphatic hydroxyl groups is 2. The molecule has 1 saturated heterocycles. The van der Waals surface area contributed by atoms with E-state index >= 15 is 0 Å². The van der Waals surface area contributed by atoms with Gasteiger partial charge in [0.05, 0.1) is 30.7 Å². The Morgan fingerprint density at radius 2 is 1.81 bits per heavy atom. The molecular weight excluding hydrogens is 456 g/mol. The van der Waals surface area contributed by atoms with E-state index in [0.717, 1.165) is 76.5 Å². The monoisotopic (exact) mass is 500 g/mol. The van der Waals surface area contributed by atoms with E-state index in [1.54, 1.807) is 6.26 Å².